The van der Waals surface area contributed by atoms with Crippen LogP contribution >= 0.6 is 28.5 Å². The molecule has 0 spiro atoms. The molecule has 0 radical (unpaired) electrons. The van der Waals surface area contributed by atoms with Crippen LogP contribution < -0.4 is 0 Å². The fraction of sp³-hybridized carbons (Fsp3) is 0.939. The molecular weight excluding hydrogens is 687 g/mol. The van der Waals surface area contributed by atoms with Crippen molar-refractivity contribution in [2.24, 2.45) is 57.3 Å². The van der Waals surface area contributed by atoms with E-state index >= 15 is 0 Å². The van der Waals surface area contributed by atoms with Crippen molar-refractivity contribution < 1.29 is 15.3 Å². The molecule has 0 saturated heterocycles. The van der Waals surface area contributed by atoms with E-state index in [0.717, 1.165) is 19.4 Å². The summed E-state index contributed by atoms with van der Waals surface area (Å²) in [6.45, 7) is 29.3. The summed E-state index contributed by atoms with van der Waals surface area (Å²) in [5, 5.41) is 0. The Morgan fingerprint density at radius 3 is 1.40 bits per heavy atom. The van der Waals surface area contributed by atoms with E-state index in [0.29, 0.717) is 59.4 Å². The second kappa shape index (κ2) is 19.4. The Hall–Kier alpha value is 0.970. The van der Waals surface area contributed by atoms with E-state index in [9.17, 15) is 0 Å². The minimum atomic E-state index is -1.50. The molecule has 0 amide bonds. The third kappa shape index (κ3) is 13.3. The van der Waals surface area contributed by atoms with E-state index in [1.807, 2.05) is 0 Å². The van der Waals surface area contributed by atoms with Gasteiger partial charge in [-0.25, -0.2) is 0 Å². The summed E-state index contributed by atoms with van der Waals surface area (Å²) in [5.41, 5.74) is 2.52. The third-order valence-corrected chi connectivity index (χ3v) is 10.6. The summed E-state index contributed by atoms with van der Waals surface area (Å²) >= 11 is 6.00. The van der Waals surface area contributed by atoms with E-state index in [1.165, 1.54) is 60.8 Å². The van der Waals surface area contributed by atoms with Gasteiger partial charge in [-0.05, 0) is 112 Å². The Kier molecular flexibility index (Phi) is 18.9. The monoisotopic (exact) mass is 748 g/mol. The van der Waals surface area contributed by atoms with Gasteiger partial charge in [0, 0.05) is 6.61 Å². The van der Waals surface area contributed by atoms with Crippen LogP contribution in [0.4, 0.5) is 0 Å². The van der Waals surface area contributed by atoms with Crippen LogP contribution in [0.15, 0.2) is 9.98 Å². The van der Waals surface area contributed by atoms with Gasteiger partial charge >= 0.3 is 39.3 Å². The van der Waals surface area contributed by atoms with E-state index in [-0.39, 0.29) is 0 Å². The van der Waals surface area contributed by atoms with Crippen LogP contribution in [0.1, 0.15) is 114 Å². The van der Waals surface area contributed by atoms with Gasteiger partial charge in [0.1, 0.15) is 0 Å². The SMILES string of the molecule is CC(=NC1C(C(C)C)CCCC1C(C)C)C(CCCO[Si](C)(C)C)=NC1C(C(C)C)CCCC1C(C)C.[Br][Ni][Br]. The molecular formula is C33H64Br2N2NiOSi. The topological polar surface area (TPSA) is 34.0 Å². The van der Waals surface area contributed by atoms with Crippen molar-refractivity contribution in [3.63, 3.8) is 0 Å². The Morgan fingerprint density at radius 2 is 1.07 bits per heavy atom. The van der Waals surface area contributed by atoms with Gasteiger partial charge in [0.25, 0.3) is 0 Å². The summed E-state index contributed by atoms with van der Waals surface area (Å²) < 4.78 is 6.26. The molecule has 2 aliphatic carbocycles. The average Bonchev–Trinajstić information content (AvgIpc) is 2.85. The van der Waals surface area contributed by atoms with Crippen LogP contribution in [0.25, 0.3) is 0 Å². The van der Waals surface area contributed by atoms with Crippen LogP contribution in [-0.4, -0.2) is 38.4 Å². The molecule has 2 rings (SSSR count). The van der Waals surface area contributed by atoms with Gasteiger partial charge in [-0.3, -0.25) is 9.98 Å². The Labute approximate surface area is 271 Å². The molecule has 0 aromatic rings. The molecule has 3 nitrogen and oxygen atoms in total. The molecule has 0 bridgehead atoms. The third-order valence-electron chi connectivity index (χ3n) is 9.49. The number of aliphatic imine (C=N–C) groups is 2. The molecule has 2 saturated carbocycles. The molecule has 40 heavy (non-hydrogen) atoms. The Morgan fingerprint density at radius 1 is 0.725 bits per heavy atom. The first-order valence-electron chi connectivity index (χ1n) is 16.2. The van der Waals surface area contributed by atoms with Crippen molar-refractivity contribution in [3.05, 3.63) is 0 Å². The zero-order valence-electron chi connectivity index (χ0n) is 28.0. The zero-order valence-corrected chi connectivity index (χ0v) is 33.2. The van der Waals surface area contributed by atoms with Crippen LogP contribution in [0.2, 0.25) is 19.6 Å². The fourth-order valence-corrected chi connectivity index (χ4v) is 7.98. The van der Waals surface area contributed by atoms with Crippen LogP contribution in [0.5, 0.6) is 0 Å². The van der Waals surface area contributed by atoms with Crippen molar-refractivity contribution in [2.45, 2.75) is 145 Å². The molecule has 2 fully saturated rings. The van der Waals surface area contributed by atoms with Gasteiger partial charge in [-0.15, -0.1) is 0 Å². The molecule has 2 aliphatic rings. The summed E-state index contributed by atoms with van der Waals surface area (Å²) in [5.74, 6) is 5.47. The van der Waals surface area contributed by atoms with Crippen LogP contribution in [0.3, 0.4) is 0 Å². The number of hydrogen-bond donors (Lipinski definition) is 0. The molecule has 0 aliphatic heterocycles. The Balaban J connectivity index is 0.00000254. The fourth-order valence-electron chi connectivity index (χ4n) is 7.23. The number of nitrogens with zero attached hydrogens (tertiary/aromatic N) is 2. The second-order valence-corrected chi connectivity index (χ2v) is 24.4. The summed E-state index contributed by atoms with van der Waals surface area (Å²) in [6, 6.07) is 0.866. The van der Waals surface area contributed by atoms with Gasteiger partial charge in [-0.2, -0.15) is 0 Å². The van der Waals surface area contributed by atoms with Gasteiger partial charge in [0.15, 0.2) is 8.32 Å². The summed E-state index contributed by atoms with van der Waals surface area (Å²) in [4.78, 5) is 11.3. The van der Waals surface area contributed by atoms with Gasteiger partial charge in [0.05, 0.1) is 23.5 Å². The van der Waals surface area contributed by atoms with E-state index in [4.69, 9.17) is 14.4 Å². The van der Waals surface area contributed by atoms with Crippen molar-refractivity contribution in [2.75, 3.05) is 6.61 Å². The maximum atomic E-state index is 6.26. The average molecular weight is 751 g/mol. The second-order valence-electron chi connectivity index (χ2n) is 14.9. The van der Waals surface area contributed by atoms with E-state index < -0.39 is 8.32 Å². The van der Waals surface area contributed by atoms with E-state index in [1.54, 1.807) is 0 Å². The van der Waals surface area contributed by atoms with Gasteiger partial charge in [0.2, 0.25) is 0 Å². The summed E-state index contributed by atoms with van der Waals surface area (Å²) in [7, 11) is -0.249. The molecule has 4 atom stereocenters. The van der Waals surface area contributed by atoms with Crippen LogP contribution in [0, 0.1) is 47.3 Å². The van der Waals surface area contributed by atoms with Gasteiger partial charge < -0.3 is 4.43 Å². The predicted octanol–water partition coefficient (Wildman–Crippen LogP) is 11.4. The Bertz CT molecular complexity index is 734. The standard InChI is InChI=1S/C33H64N2OSi.2BrH.Ni/c1-22(2)27-16-13-17-28(23(3)4)32(27)34-26(9)31(20-15-21-36-37(10,11)12)35-33-29(24(5)6)18-14-19-30(33)25(7)8;;;/h22-25,27-30,32-33H,13-21H2,1-12H3;2*1H;/q;;;+2/p-2. The van der Waals surface area contributed by atoms with E-state index in [2.05, 4.69) is 110 Å². The van der Waals surface area contributed by atoms with Crippen LogP contribution in [-0.2, 0) is 15.3 Å². The minimum absolute atomic E-state index is 0.431. The van der Waals surface area contributed by atoms with Crippen molar-refractivity contribution in [1.29, 1.82) is 0 Å². The molecule has 0 N–H and O–H groups in total. The first-order chi connectivity index (χ1) is 18.6. The predicted molar refractivity (Wildman–Crippen MR) is 186 cm³/mol. The summed E-state index contributed by atoms with van der Waals surface area (Å²) in [6.07, 6.45) is 10.1. The van der Waals surface area contributed by atoms with Crippen molar-refractivity contribution in [3.8, 4) is 0 Å². The zero-order chi connectivity index (χ0) is 30.6. The molecule has 0 heterocycles. The molecule has 4 unspecified atom stereocenters. The van der Waals surface area contributed by atoms with Gasteiger partial charge in [-0.1, -0.05) is 68.2 Å². The molecule has 0 aromatic heterocycles. The van der Waals surface area contributed by atoms with Crippen molar-refractivity contribution in [1.82, 2.24) is 0 Å². The maximum absolute atomic E-state index is 6.26. The molecule has 240 valence electrons. The normalized spacial score (nSPS) is 28.9. The molecule has 7 heteroatoms. The first kappa shape index (κ1) is 39.0. The van der Waals surface area contributed by atoms with Crippen molar-refractivity contribution >= 4 is 48.2 Å². The number of halogens is 2. The first-order valence-corrected chi connectivity index (χ1v) is 24.5. The molecule has 0 aromatic carbocycles. The number of hydrogen-bond acceptors (Lipinski definition) is 3. The quantitative estimate of drug-likeness (QED) is 0.111. The number of rotatable bonds is 12.